The van der Waals surface area contributed by atoms with Crippen LogP contribution in [0, 0.1) is 0 Å². The third kappa shape index (κ3) is 1.75. The molecule has 0 amide bonds. The number of benzene rings is 1. The van der Waals surface area contributed by atoms with Crippen LogP contribution in [0.3, 0.4) is 0 Å². The molecule has 0 unspecified atom stereocenters. The number of rotatable bonds is 1. The third-order valence-electron chi connectivity index (χ3n) is 3.07. The van der Waals surface area contributed by atoms with Gasteiger partial charge in [-0.25, -0.2) is 0 Å². The fraction of sp³-hybridized carbons (Fsp3) is 0.500. The van der Waals surface area contributed by atoms with E-state index in [2.05, 4.69) is 42.6 Å². The van der Waals surface area contributed by atoms with E-state index in [1.165, 1.54) is 24.9 Å². The summed E-state index contributed by atoms with van der Waals surface area (Å²) in [4.78, 5) is 0. The van der Waals surface area contributed by atoms with E-state index in [0.29, 0.717) is 5.41 Å². The molecule has 1 nitrogen and oxygen atoms in total. The highest BCUT2D eigenvalue weighted by Crippen LogP contribution is 2.29. The standard InChI is InChI=1S/C12H17N/c1-12(8-5-9-13-10-12)11-6-3-2-4-7-11/h2-4,6-7,13H,5,8-10H2,1H3/t12-/m1/s1. The zero-order valence-corrected chi connectivity index (χ0v) is 8.22. The number of hydrogen-bond donors (Lipinski definition) is 1. The third-order valence-corrected chi connectivity index (χ3v) is 3.07. The molecule has 70 valence electrons. The molecule has 1 saturated heterocycles. The van der Waals surface area contributed by atoms with Gasteiger partial charge in [-0.3, -0.25) is 0 Å². The quantitative estimate of drug-likeness (QED) is 0.690. The first-order valence-corrected chi connectivity index (χ1v) is 5.07. The lowest BCUT2D eigenvalue weighted by molar-refractivity contribution is 0.339. The minimum absolute atomic E-state index is 0.361. The van der Waals surface area contributed by atoms with Gasteiger partial charge in [-0.2, -0.15) is 0 Å². The predicted octanol–water partition coefficient (Wildman–Crippen LogP) is 2.33. The fourth-order valence-electron chi connectivity index (χ4n) is 2.14. The van der Waals surface area contributed by atoms with Crippen molar-refractivity contribution >= 4 is 0 Å². The molecule has 0 radical (unpaired) electrons. The van der Waals surface area contributed by atoms with Gasteiger partial charge < -0.3 is 5.32 Å². The van der Waals surface area contributed by atoms with Gasteiger partial charge in [0, 0.05) is 12.0 Å². The second-order valence-electron chi connectivity index (χ2n) is 4.21. The Hall–Kier alpha value is -0.820. The van der Waals surface area contributed by atoms with E-state index in [9.17, 15) is 0 Å². The van der Waals surface area contributed by atoms with Gasteiger partial charge in [-0.15, -0.1) is 0 Å². The van der Waals surface area contributed by atoms with Crippen molar-refractivity contribution in [2.75, 3.05) is 13.1 Å². The lowest BCUT2D eigenvalue weighted by Gasteiger charge is -2.34. The van der Waals surface area contributed by atoms with Crippen molar-refractivity contribution in [2.24, 2.45) is 0 Å². The van der Waals surface area contributed by atoms with Crippen molar-refractivity contribution in [2.45, 2.75) is 25.2 Å². The van der Waals surface area contributed by atoms with Crippen molar-refractivity contribution in [3.63, 3.8) is 0 Å². The zero-order valence-electron chi connectivity index (χ0n) is 8.22. The minimum atomic E-state index is 0.361. The van der Waals surface area contributed by atoms with E-state index in [4.69, 9.17) is 0 Å². The summed E-state index contributed by atoms with van der Waals surface area (Å²) in [6, 6.07) is 10.8. The Morgan fingerprint density at radius 1 is 1.23 bits per heavy atom. The molecule has 0 aromatic heterocycles. The van der Waals surface area contributed by atoms with Crippen LogP contribution in [0.4, 0.5) is 0 Å². The van der Waals surface area contributed by atoms with E-state index >= 15 is 0 Å². The first-order valence-electron chi connectivity index (χ1n) is 5.07. The Labute approximate surface area is 80.2 Å². The molecule has 0 bridgehead atoms. The van der Waals surface area contributed by atoms with Crippen molar-refractivity contribution in [3.05, 3.63) is 35.9 Å². The first-order chi connectivity index (χ1) is 6.31. The van der Waals surface area contributed by atoms with Crippen molar-refractivity contribution < 1.29 is 0 Å². The average Bonchev–Trinajstić information content (AvgIpc) is 2.20. The molecule has 1 atom stereocenters. The van der Waals surface area contributed by atoms with Gasteiger partial charge in [0.2, 0.25) is 0 Å². The largest absolute Gasteiger partial charge is 0.316 e. The van der Waals surface area contributed by atoms with Crippen LogP contribution in [-0.2, 0) is 5.41 Å². The van der Waals surface area contributed by atoms with Crippen LogP contribution < -0.4 is 5.32 Å². The van der Waals surface area contributed by atoms with Gasteiger partial charge in [0.25, 0.3) is 0 Å². The average molecular weight is 175 g/mol. The molecule has 0 aliphatic carbocycles. The van der Waals surface area contributed by atoms with Crippen molar-refractivity contribution in [1.82, 2.24) is 5.32 Å². The molecular formula is C12H17N. The molecule has 2 rings (SSSR count). The topological polar surface area (TPSA) is 12.0 Å². The van der Waals surface area contributed by atoms with Gasteiger partial charge in [0.1, 0.15) is 0 Å². The Morgan fingerprint density at radius 3 is 2.62 bits per heavy atom. The van der Waals surface area contributed by atoms with Crippen LogP contribution in [0.25, 0.3) is 0 Å². The lowest BCUT2D eigenvalue weighted by atomic mass is 9.77. The number of hydrogen-bond acceptors (Lipinski definition) is 1. The molecule has 0 saturated carbocycles. The van der Waals surface area contributed by atoms with Gasteiger partial charge in [0.15, 0.2) is 0 Å². The first kappa shape index (κ1) is 8.76. The molecule has 0 spiro atoms. The summed E-state index contributed by atoms with van der Waals surface area (Å²) >= 11 is 0. The smallest absolute Gasteiger partial charge is 0.00500 e. The molecular weight excluding hydrogens is 158 g/mol. The molecule has 1 heteroatoms. The lowest BCUT2D eigenvalue weighted by Crippen LogP contribution is -2.40. The van der Waals surface area contributed by atoms with E-state index in [0.717, 1.165) is 6.54 Å². The van der Waals surface area contributed by atoms with Crippen LogP contribution in [-0.4, -0.2) is 13.1 Å². The molecule has 1 aliphatic rings. The highest BCUT2D eigenvalue weighted by Gasteiger charge is 2.27. The van der Waals surface area contributed by atoms with E-state index in [1.807, 2.05) is 0 Å². The highest BCUT2D eigenvalue weighted by atomic mass is 14.9. The summed E-state index contributed by atoms with van der Waals surface area (Å²) in [5, 5.41) is 3.47. The minimum Gasteiger partial charge on any atom is -0.316 e. The predicted molar refractivity (Wildman–Crippen MR) is 55.9 cm³/mol. The maximum Gasteiger partial charge on any atom is 0.00500 e. The van der Waals surface area contributed by atoms with Crippen LogP contribution in [0.2, 0.25) is 0 Å². The van der Waals surface area contributed by atoms with Gasteiger partial charge in [0.05, 0.1) is 0 Å². The van der Waals surface area contributed by atoms with Gasteiger partial charge in [-0.1, -0.05) is 37.3 Å². The van der Waals surface area contributed by atoms with Crippen LogP contribution in [0.15, 0.2) is 30.3 Å². The molecule has 1 fully saturated rings. The maximum atomic E-state index is 3.47. The number of piperidine rings is 1. The normalized spacial score (nSPS) is 28.7. The molecule has 1 aromatic carbocycles. The maximum absolute atomic E-state index is 3.47. The fourth-order valence-corrected chi connectivity index (χ4v) is 2.14. The second-order valence-corrected chi connectivity index (χ2v) is 4.21. The molecule has 1 aliphatic heterocycles. The SMILES string of the molecule is C[C@@]1(c2ccccc2)CCCNC1. The molecule has 1 aromatic rings. The van der Waals surface area contributed by atoms with E-state index in [-0.39, 0.29) is 0 Å². The summed E-state index contributed by atoms with van der Waals surface area (Å²) in [5.41, 5.74) is 1.83. The summed E-state index contributed by atoms with van der Waals surface area (Å²) in [7, 11) is 0. The Bertz CT molecular complexity index is 260. The summed E-state index contributed by atoms with van der Waals surface area (Å²) in [5.74, 6) is 0. The molecule has 1 N–H and O–H groups in total. The Balaban J connectivity index is 2.23. The second kappa shape index (κ2) is 3.51. The van der Waals surface area contributed by atoms with Gasteiger partial charge >= 0.3 is 0 Å². The zero-order chi connectivity index (χ0) is 9.15. The van der Waals surface area contributed by atoms with Crippen LogP contribution in [0.5, 0.6) is 0 Å². The molecule has 13 heavy (non-hydrogen) atoms. The van der Waals surface area contributed by atoms with E-state index in [1.54, 1.807) is 0 Å². The van der Waals surface area contributed by atoms with Crippen molar-refractivity contribution in [3.8, 4) is 0 Å². The summed E-state index contributed by atoms with van der Waals surface area (Å²) < 4.78 is 0. The van der Waals surface area contributed by atoms with Crippen LogP contribution in [0.1, 0.15) is 25.3 Å². The summed E-state index contributed by atoms with van der Waals surface area (Å²) in [6.45, 7) is 4.66. The molecule has 1 heterocycles. The monoisotopic (exact) mass is 175 g/mol. The van der Waals surface area contributed by atoms with Crippen LogP contribution >= 0.6 is 0 Å². The van der Waals surface area contributed by atoms with Gasteiger partial charge in [-0.05, 0) is 24.9 Å². The Kier molecular flexibility index (Phi) is 2.36. The summed E-state index contributed by atoms with van der Waals surface area (Å²) in [6.07, 6.45) is 2.61. The number of nitrogens with one attached hydrogen (secondary N) is 1. The van der Waals surface area contributed by atoms with Crippen molar-refractivity contribution in [1.29, 1.82) is 0 Å². The Morgan fingerprint density at radius 2 is 2.00 bits per heavy atom. The highest BCUT2D eigenvalue weighted by molar-refractivity contribution is 5.25. The van der Waals surface area contributed by atoms with E-state index < -0.39 is 0 Å².